The second-order valence-electron chi connectivity index (χ2n) is 9.28. The maximum Gasteiger partial charge on any atom is 0.355 e. The van der Waals surface area contributed by atoms with Crippen molar-refractivity contribution in [3.05, 3.63) is 107 Å². The Bertz CT molecular complexity index is 1320. The summed E-state index contributed by atoms with van der Waals surface area (Å²) in [7, 11) is 0. The third-order valence-electron chi connectivity index (χ3n) is 5.07. The van der Waals surface area contributed by atoms with Crippen molar-refractivity contribution in [1.29, 1.82) is 0 Å². The second kappa shape index (κ2) is 10.4. The van der Waals surface area contributed by atoms with Gasteiger partial charge in [-0.2, -0.15) is 0 Å². The molecule has 0 spiro atoms. The zero-order valence-electron chi connectivity index (χ0n) is 20.4. The highest BCUT2D eigenvalue weighted by Crippen LogP contribution is 2.24. The van der Waals surface area contributed by atoms with Gasteiger partial charge < -0.3 is 14.5 Å². The summed E-state index contributed by atoms with van der Waals surface area (Å²) in [4.78, 5) is 22.7. The average molecular weight is 468 g/mol. The Kier molecular flexibility index (Phi) is 7.11. The number of benzene rings is 2. The van der Waals surface area contributed by atoms with Gasteiger partial charge in [0, 0.05) is 18.1 Å². The number of ether oxygens (including phenoxy) is 1. The summed E-state index contributed by atoms with van der Waals surface area (Å²) in [6, 6.07) is 21.7. The third kappa shape index (κ3) is 6.67. The van der Waals surface area contributed by atoms with Gasteiger partial charge in [0.2, 0.25) is 0 Å². The van der Waals surface area contributed by atoms with Crippen LogP contribution in [0.15, 0.2) is 89.3 Å². The highest BCUT2D eigenvalue weighted by molar-refractivity contribution is 5.96. The minimum atomic E-state index is -0.658. The molecule has 0 saturated heterocycles. The molecule has 6 nitrogen and oxygen atoms in total. The molecule has 0 bridgehead atoms. The quantitative estimate of drug-likeness (QED) is 0.249. The van der Waals surface area contributed by atoms with Gasteiger partial charge in [-0.05, 0) is 51.5 Å². The molecule has 0 unspecified atom stereocenters. The summed E-state index contributed by atoms with van der Waals surface area (Å²) < 4.78 is 11.1. The minimum Gasteiger partial charge on any atom is -0.465 e. The number of hydrogen-bond donors (Lipinski definition) is 1. The fourth-order valence-corrected chi connectivity index (χ4v) is 3.51. The average Bonchev–Trinajstić information content (AvgIpc) is 3.32. The normalized spacial score (nSPS) is 11.8. The van der Waals surface area contributed by atoms with Gasteiger partial charge in [-0.25, -0.2) is 14.8 Å². The highest BCUT2D eigenvalue weighted by atomic mass is 16.6. The summed E-state index contributed by atoms with van der Waals surface area (Å²) in [5, 5.41) is 3.17. The molecule has 4 rings (SSSR count). The molecular weight excluding hydrogens is 438 g/mol. The first-order chi connectivity index (χ1) is 16.8. The van der Waals surface area contributed by atoms with E-state index < -0.39 is 11.6 Å². The largest absolute Gasteiger partial charge is 0.465 e. The van der Waals surface area contributed by atoms with Crippen molar-refractivity contribution in [3.8, 4) is 11.3 Å². The Balaban J connectivity index is 1.74. The number of aromatic nitrogens is 2. The van der Waals surface area contributed by atoms with E-state index in [-0.39, 0.29) is 5.70 Å². The smallest absolute Gasteiger partial charge is 0.355 e. The Morgan fingerprint density at radius 2 is 1.86 bits per heavy atom. The van der Waals surface area contributed by atoms with Crippen molar-refractivity contribution >= 4 is 17.9 Å². The van der Waals surface area contributed by atoms with Crippen LogP contribution in [0.2, 0.25) is 0 Å². The van der Waals surface area contributed by atoms with Crippen LogP contribution in [0, 0.1) is 6.92 Å². The number of carbonyl (C=O) groups excluding carboxylic acids is 1. The molecule has 4 aromatic rings. The molecule has 1 N–H and O–H groups in total. The summed E-state index contributed by atoms with van der Waals surface area (Å²) >= 11 is 0. The lowest BCUT2D eigenvalue weighted by Gasteiger charge is -2.21. The van der Waals surface area contributed by atoms with Crippen molar-refractivity contribution in [2.45, 2.75) is 39.7 Å². The van der Waals surface area contributed by atoms with Gasteiger partial charge >= 0.3 is 5.97 Å². The molecule has 2 aromatic carbocycles. The monoisotopic (exact) mass is 467 g/mol. The molecule has 0 aliphatic heterocycles. The number of nitrogens with one attached hydrogen (secondary N) is 1. The van der Waals surface area contributed by atoms with E-state index in [1.165, 1.54) is 0 Å². The number of nitrogens with zero attached hydrogens (tertiary/aromatic N) is 2. The Morgan fingerprint density at radius 3 is 2.54 bits per heavy atom. The highest BCUT2D eigenvalue weighted by Gasteiger charge is 2.22. The van der Waals surface area contributed by atoms with Crippen LogP contribution < -0.4 is 5.32 Å². The number of esters is 1. The Morgan fingerprint density at radius 1 is 1.06 bits per heavy atom. The van der Waals surface area contributed by atoms with Crippen molar-refractivity contribution in [2.75, 3.05) is 5.32 Å². The van der Waals surface area contributed by atoms with Crippen LogP contribution in [0.4, 0.5) is 5.82 Å². The lowest BCUT2D eigenvalue weighted by Crippen LogP contribution is -2.27. The van der Waals surface area contributed by atoms with Crippen LogP contribution >= 0.6 is 0 Å². The number of rotatable bonds is 7. The molecular formula is C29H29N3O3. The van der Waals surface area contributed by atoms with Gasteiger partial charge in [0.05, 0.1) is 23.8 Å². The van der Waals surface area contributed by atoms with Crippen molar-refractivity contribution in [3.63, 3.8) is 0 Å². The molecule has 0 aliphatic rings. The lowest BCUT2D eigenvalue weighted by atomic mass is 10.1. The Hall–Kier alpha value is -4.19. The summed E-state index contributed by atoms with van der Waals surface area (Å²) in [6.07, 6.45) is 5.41. The second-order valence-corrected chi connectivity index (χ2v) is 9.28. The van der Waals surface area contributed by atoms with Crippen LogP contribution in [-0.2, 0) is 16.0 Å². The van der Waals surface area contributed by atoms with E-state index in [9.17, 15) is 4.79 Å². The van der Waals surface area contributed by atoms with Crippen LogP contribution in [-0.4, -0.2) is 21.5 Å². The molecule has 0 radical (unpaired) electrons. The standard InChI is InChI=1S/C29H29N3O3/c1-20-10-8-13-22(16-20)26-19-30-27(24(31-26)17-21-11-6-5-7-12-21)32-25(18-23-14-9-15-34-23)28(33)35-29(2,3)4/h5-16,18-19H,17H2,1-4H3,(H,30,32)/b25-18-. The van der Waals surface area contributed by atoms with Crippen LogP contribution in [0.5, 0.6) is 0 Å². The molecule has 0 amide bonds. The van der Waals surface area contributed by atoms with E-state index in [0.29, 0.717) is 23.7 Å². The molecule has 178 valence electrons. The molecule has 35 heavy (non-hydrogen) atoms. The Labute approximate surface area is 205 Å². The van der Waals surface area contributed by atoms with Gasteiger partial charge in [-0.15, -0.1) is 0 Å². The van der Waals surface area contributed by atoms with Gasteiger partial charge in [0.25, 0.3) is 0 Å². The predicted octanol–water partition coefficient (Wildman–Crippen LogP) is 6.43. The molecule has 0 saturated carbocycles. The zero-order chi connectivity index (χ0) is 24.8. The van der Waals surface area contributed by atoms with Crippen molar-refractivity contribution < 1.29 is 13.9 Å². The van der Waals surface area contributed by atoms with Crippen LogP contribution in [0.1, 0.15) is 43.4 Å². The van der Waals surface area contributed by atoms with Gasteiger partial charge in [0.1, 0.15) is 17.1 Å². The van der Waals surface area contributed by atoms with Gasteiger partial charge in [0.15, 0.2) is 5.82 Å². The molecule has 2 aromatic heterocycles. The van der Waals surface area contributed by atoms with E-state index >= 15 is 0 Å². The summed E-state index contributed by atoms with van der Waals surface area (Å²) in [5.41, 5.74) is 4.24. The maximum absolute atomic E-state index is 13.0. The fourth-order valence-electron chi connectivity index (χ4n) is 3.51. The number of hydrogen-bond acceptors (Lipinski definition) is 6. The molecule has 6 heteroatoms. The van der Waals surface area contributed by atoms with Crippen LogP contribution in [0.3, 0.4) is 0 Å². The zero-order valence-corrected chi connectivity index (χ0v) is 20.4. The molecule has 0 fully saturated rings. The van der Waals surface area contributed by atoms with Crippen molar-refractivity contribution in [2.24, 2.45) is 0 Å². The van der Waals surface area contributed by atoms with E-state index in [2.05, 4.69) is 16.4 Å². The van der Waals surface area contributed by atoms with Crippen LogP contribution in [0.25, 0.3) is 17.3 Å². The van der Waals surface area contributed by atoms with Crippen molar-refractivity contribution in [1.82, 2.24) is 9.97 Å². The summed E-state index contributed by atoms with van der Waals surface area (Å²) in [5.74, 6) is 0.491. The topological polar surface area (TPSA) is 77.2 Å². The molecule has 0 atom stereocenters. The third-order valence-corrected chi connectivity index (χ3v) is 5.07. The maximum atomic E-state index is 13.0. The number of carbonyl (C=O) groups is 1. The van der Waals surface area contributed by atoms with Gasteiger partial charge in [-0.3, -0.25) is 0 Å². The lowest BCUT2D eigenvalue weighted by molar-refractivity contribution is -0.149. The number of aryl methyl sites for hydroxylation is 1. The first-order valence-electron chi connectivity index (χ1n) is 11.5. The predicted molar refractivity (Wildman–Crippen MR) is 138 cm³/mol. The minimum absolute atomic E-state index is 0.210. The van der Waals surface area contributed by atoms with E-state index in [4.69, 9.17) is 14.1 Å². The van der Waals surface area contributed by atoms with E-state index in [0.717, 1.165) is 22.4 Å². The van der Waals surface area contributed by atoms with Gasteiger partial charge in [-0.1, -0.05) is 54.1 Å². The molecule has 0 aliphatic carbocycles. The first kappa shape index (κ1) is 24.0. The first-order valence-corrected chi connectivity index (χ1v) is 11.5. The fraction of sp³-hybridized carbons (Fsp3) is 0.207. The van der Waals surface area contributed by atoms with E-state index in [1.54, 1.807) is 30.7 Å². The number of anilines is 1. The molecule has 2 heterocycles. The number of furan rings is 1. The summed E-state index contributed by atoms with van der Waals surface area (Å²) in [6.45, 7) is 7.52. The van der Waals surface area contributed by atoms with E-state index in [1.807, 2.05) is 76.2 Å². The SMILES string of the molecule is Cc1cccc(-c2cnc(N/C(=C\c3ccco3)C(=O)OC(C)(C)C)c(Cc3ccccc3)n2)c1.